The largest absolute Gasteiger partial charge is 0.497 e. The van der Waals surface area contributed by atoms with Crippen LogP contribution < -0.4 is 19.5 Å². The van der Waals surface area contributed by atoms with E-state index in [1.54, 1.807) is 56.0 Å². The molecule has 0 spiro atoms. The monoisotopic (exact) mass is 428 g/mol. The predicted molar refractivity (Wildman–Crippen MR) is 113 cm³/mol. The van der Waals surface area contributed by atoms with E-state index in [-0.39, 0.29) is 5.69 Å². The van der Waals surface area contributed by atoms with Crippen molar-refractivity contribution in [1.29, 1.82) is 0 Å². The number of benzene rings is 2. The smallest absolute Gasteiger partial charge is 0.358 e. The first-order chi connectivity index (χ1) is 14.5. The molecule has 156 valence electrons. The molecule has 8 nitrogen and oxygen atoms in total. The van der Waals surface area contributed by atoms with Crippen molar-refractivity contribution in [2.75, 3.05) is 33.3 Å². The van der Waals surface area contributed by atoms with Crippen molar-refractivity contribution >= 4 is 28.9 Å². The average Bonchev–Trinajstić information content (AvgIpc) is 3.27. The molecule has 3 rings (SSSR count). The number of ether oxygens (including phenoxy) is 4. The average molecular weight is 428 g/mol. The molecule has 0 atom stereocenters. The molecular weight excluding hydrogens is 408 g/mol. The molecule has 1 amide bonds. The van der Waals surface area contributed by atoms with E-state index in [1.807, 2.05) is 6.07 Å². The maximum absolute atomic E-state index is 12.2. The van der Waals surface area contributed by atoms with Crippen molar-refractivity contribution in [3.63, 3.8) is 0 Å². The van der Waals surface area contributed by atoms with Gasteiger partial charge in [-0.3, -0.25) is 4.79 Å². The predicted octanol–water partition coefficient (Wildman–Crippen LogP) is 3.63. The molecule has 1 aromatic heterocycles. The molecule has 30 heavy (non-hydrogen) atoms. The highest BCUT2D eigenvalue weighted by Crippen LogP contribution is 2.33. The lowest BCUT2D eigenvalue weighted by molar-refractivity contribution is -0.119. The number of hydrogen-bond donors (Lipinski definition) is 1. The van der Waals surface area contributed by atoms with Crippen LogP contribution in [0.5, 0.6) is 17.2 Å². The molecule has 1 heterocycles. The fourth-order valence-electron chi connectivity index (χ4n) is 2.57. The minimum absolute atomic E-state index is 0.124. The number of nitrogens with one attached hydrogen (secondary N) is 1. The fraction of sp³-hybridized carbons (Fsp3) is 0.190. The Morgan fingerprint density at radius 1 is 1.00 bits per heavy atom. The van der Waals surface area contributed by atoms with E-state index in [9.17, 15) is 9.59 Å². The molecule has 0 aliphatic heterocycles. The number of rotatable bonds is 8. The number of methoxy groups -OCH3 is 3. The van der Waals surface area contributed by atoms with Gasteiger partial charge in [-0.2, -0.15) is 0 Å². The first kappa shape index (κ1) is 21.1. The molecule has 0 bridgehead atoms. The molecule has 0 aliphatic carbocycles. The standard InChI is InChI=1S/C21H20N2O6S/c1-26-15-6-4-5-14(10-15)22-19(24)11-29-21(25)16-12-30-20(23-16)13-7-8-17(27-2)18(9-13)28-3/h4-10,12H,11H2,1-3H3,(H,22,24). The Labute approximate surface area is 177 Å². The van der Waals surface area contributed by atoms with E-state index in [1.165, 1.54) is 18.4 Å². The third kappa shape index (κ3) is 5.06. The van der Waals surface area contributed by atoms with Gasteiger partial charge >= 0.3 is 5.97 Å². The van der Waals surface area contributed by atoms with Crippen LogP contribution in [0.4, 0.5) is 5.69 Å². The van der Waals surface area contributed by atoms with E-state index in [0.29, 0.717) is 27.9 Å². The molecule has 0 radical (unpaired) electrons. The highest BCUT2D eigenvalue weighted by Gasteiger charge is 2.16. The Bertz CT molecular complexity index is 1050. The number of anilines is 1. The molecule has 0 saturated carbocycles. The van der Waals surface area contributed by atoms with Crippen molar-refractivity contribution in [2.45, 2.75) is 0 Å². The molecule has 2 aromatic carbocycles. The zero-order valence-corrected chi connectivity index (χ0v) is 17.4. The van der Waals surface area contributed by atoms with E-state index < -0.39 is 18.5 Å². The van der Waals surface area contributed by atoms with Crippen molar-refractivity contribution in [2.24, 2.45) is 0 Å². The van der Waals surface area contributed by atoms with Crippen LogP contribution in [0.2, 0.25) is 0 Å². The number of amides is 1. The molecule has 0 fully saturated rings. The number of aromatic nitrogens is 1. The Morgan fingerprint density at radius 2 is 1.80 bits per heavy atom. The lowest BCUT2D eigenvalue weighted by atomic mass is 10.2. The Morgan fingerprint density at radius 3 is 2.53 bits per heavy atom. The molecule has 0 aliphatic rings. The first-order valence-electron chi connectivity index (χ1n) is 8.83. The summed E-state index contributed by atoms with van der Waals surface area (Å²) in [4.78, 5) is 28.6. The van der Waals surface area contributed by atoms with E-state index in [2.05, 4.69) is 10.3 Å². The Hall–Kier alpha value is -3.59. The third-order valence-corrected chi connectivity index (χ3v) is 4.92. The van der Waals surface area contributed by atoms with Crippen LogP contribution in [0, 0.1) is 0 Å². The summed E-state index contributed by atoms with van der Waals surface area (Å²) in [6.07, 6.45) is 0. The SMILES string of the molecule is COc1cccc(NC(=O)COC(=O)c2csc(-c3ccc(OC)c(OC)c3)n2)c1. The zero-order valence-electron chi connectivity index (χ0n) is 16.6. The van der Waals surface area contributed by atoms with E-state index in [4.69, 9.17) is 18.9 Å². The third-order valence-electron chi connectivity index (χ3n) is 4.03. The van der Waals surface area contributed by atoms with Crippen molar-refractivity contribution in [3.8, 4) is 27.8 Å². The summed E-state index contributed by atoms with van der Waals surface area (Å²) in [5.41, 5.74) is 1.44. The molecule has 0 unspecified atom stereocenters. The van der Waals surface area contributed by atoms with Gasteiger partial charge in [0.05, 0.1) is 21.3 Å². The van der Waals surface area contributed by atoms with Crippen LogP contribution in [0.1, 0.15) is 10.5 Å². The van der Waals surface area contributed by atoms with Gasteiger partial charge in [0, 0.05) is 22.7 Å². The van der Waals surface area contributed by atoms with Crippen LogP contribution >= 0.6 is 11.3 Å². The molecule has 1 N–H and O–H groups in total. The quantitative estimate of drug-likeness (QED) is 0.547. The lowest BCUT2D eigenvalue weighted by Crippen LogP contribution is -2.21. The van der Waals surface area contributed by atoms with Crippen molar-refractivity contribution in [3.05, 3.63) is 53.5 Å². The maximum atomic E-state index is 12.2. The van der Waals surface area contributed by atoms with Crippen LogP contribution in [-0.4, -0.2) is 44.8 Å². The summed E-state index contributed by atoms with van der Waals surface area (Å²) in [7, 11) is 4.63. The van der Waals surface area contributed by atoms with Gasteiger partial charge in [0.25, 0.3) is 5.91 Å². The summed E-state index contributed by atoms with van der Waals surface area (Å²) < 4.78 is 20.7. The number of thiazole rings is 1. The van der Waals surface area contributed by atoms with Gasteiger partial charge in [-0.25, -0.2) is 9.78 Å². The van der Waals surface area contributed by atoms with Crippen LogP contribution in [0.15, 0.2) is 47.8 Å². The summed E-state index contributed by atoms with van der Waals surface area (Å²) in [6, 6.07) is 12.2. The van der Waals surface area contributed by atoms with Gasteiger partial charge in [-0.15, -0.1) is 11.3 Å². The fourth-order valence-corrected chi connectivity index (χ4v) is 3.36. The van der Waals surface area contributed by atoms with Crippen molar-refractivity contribution in [1.82, 2.24) is 4.98 Å². The minimum Gasteiger partial charge on any atom is -0.497 e. The summed E-state index contributed by atoms with van der Waals surface area (Å²) in [5, 5.41) is 4.83. The second-order valence-corrected chi connectivity index (χ2v) is 6.82. The number of hydrogen-bond acceptors (Lipinski definition) is 8. The number of carbonyl (C=O) groups excluding carboxylic acids is 2. The van der Waals surface area contributed by atoms with E-state index >= 15 is 0 Å². The van der Waals surface area contributed by atoms with Gasteiger partial charge in [0.15, 0.2) is 23.8 Å². The number of esters is 1. The topological polar surface area (TPSA) is 96.0 Å². The summed E-state index contributed by atoms with van der Waals surface area (Å²) >= 11 is 1.28. The highest BCUT2D eigenvalue weighted by molar-refractivity contribution is 7.13. The maximum Gasteiger partial charge on any atom is 0.358 e. The Balaban J connectivity index is 1.60. The Kier molecular flexibility index (Phi) is 6.87. The molecular formula is C21H20N2O6S. The van der Waals surface area contributed by atoms with Gasteiger partial charge in [0.1, 0.15) is 10.8 Å². The molecule has 0 saturated heterocycles. The van der Waals surface area contributed by atoms with Crippen LogP contribution in [0.3, 0.4) is 0 Å². The van der Waals surface area contributed by atoms with Gasteiger partial charge in [-0.1, -0.05) is 6.07 Å². The van der Waals surface area contributed by atoms with E-state index in [0.717, 1.165) is 5.56 Å². The number of carbonyl (C=O) groups is 2. The van der Waals surface area contributed by atoms with Crippen LogP contribution in [-0.2, 0) is 9.53 Å². The molecule has 9 heteroatoms. The normalized spacial score (nSPS) is 10.2. The summed E-state index contributed by atoms with van der Waals surface area (Å²) in [5.74, 6) is 0.615. The highest BCUT2D eigenvalue weighted by atomic mass is 32.1. The van der Waals surface area contributed by atoms with Gasteiger partial charge in [0.2, 0.25) is 0 Å². The lowest BCUT2D eigenvalue weighted by Gasteiger charge is -2.08. The second-order valence-electron chi connectivity index (χ2n) is 5.96. The molecule has 3 aromatic rings. The van der Waals surface area contributed by atoms with Crippen molar-refractivity contribution < 1.29 is 28.5 Å². The number of nitrogens with zero attached hydrogens (tertiary/aromatic N) is 1. The van der Waals surface area contributed by atoms with Crippen LogP contribution in [0.25, 0.3) is 10.6 Å². The minimum atomic E-state index is -0.682. The first-order valence-corrected chi connectivity index (χ1v) is 9.71. The van der Waals surface area contributed by atoms with Gasteiger partial charge < -0.3 is 24.3 Å². The zero-order chi connectivity index (χ0) is 21.5. The summed E-state index contributed by atoms with van der Waals surface area (Å²) in [6.45, 7) is -0.431. The van der Waals surface area contributed by atoms with Gasteiger partial charge in [-0.05, 0) is 30.3 Å². The second kappa shape index (κ2) is 9.75.